The first-order valence-corrected chi connectivity index (χ1v) is 8.40. The number of guanidine groups is 1. The van der Waals surface area contributed by atoms with E-state index < -0.39 is 0 Å². The molecule has 8 heteroatoms. The van der Waals surface area contributed by atoms with Gasteiger partial charge in [-0.1, -0.05) is 6.07 Å². The van der Waals surface area contributed by atoms with Crippen LogP contribution in [-0.4, -0.2) is 50.2 Å². The molecule has 1 heterocycles. The highest BCUT2D eigenvalue weighted by Gasteiger charge is 2.04. The Hall–Kier alpha value is -1.42. The molecule has 0 aliphatic carbocycles. The summed E-state index contributed by atoms with van der Waals surface area (Å²) in [6.45, 7) is 6.84. The lowest BCUT2D eigenvalue weighted by Crippen LogP contribution is -2.39. The van der Waals surface area contributed by atoms with E-state index in [-0.39, 0.29) is 29.9 Å². The van der Waals surface area contributed by atoms with Crippen molar-refractivity contribution >= 4 is 41.7 Å². The Morgan fingerprint density at radius 3 is 2.64 bits per heavy atom. The highest BCUT2D eigenvalue weighted by molar-refractivity contribution is 14.0. The minimum atomic E-state index is -0.0778. The van der Waals surface area contributed by atoms with Crippen molar-refractivity contribution in [3.05, 3.63) is 23.9 Å². The van der Waals surface area contributed by atoms with Crippen LogP contribution >= 0.6 is 24.0 Å². The zero-order valence-electron chi connectivity index (χ0n) is 15.3. The lowest BCUT2D eigenvalue weighted by atomic mass is 10.3. The summed E-state index contributed by atoms with van der Waals surface area (Å²) in [5, 5.41) is 9.11. The van der Waals surface area contributed by atoms with Crippen molar-refractivity contribution in [3.63, 3.8) is 0 Å². The number of carbonyl (C=O) groups excluding carboxylic acids is 1. The van der Waals surface area contributed by atoms with Gasteiger partial charge in [-0.15, -0.1) is 24.0 Å². The number of ether oxygens (including phenoxy) is 1. The monoisotopic (exact) mass is 463 g/mol. The summed E-state index contributed by atoms with van der Waals surface area (Å²) >= 11 is 0. The molecule has 0 spiro atoms. The van der Waals surface area contributed by atoms with Crippen molar-refractivity contribution in [3.8, 4) is 0 Å². The Kier molecular flexibility index (Phi) is 14.0. The molecule has 25 heavy (non-hydrogen) atoms. The van der Waals surface area contributed by atoms with Gasteiger partial charge < -0.3 is 20.7 Å². The Balaban J connectivity index is 0.00000576. The van der Waals surface area contributed by atoms with Crippen LogP contribution in [0.1, 0.15) is 31.7 Å². The number of halogens is 1. The zero-order valence-corrected chi connectivity index (χ0v) is 17.6. The van der Waals surface area contributed by atoms with Gasteiger partial charge in [-0.25, -0.2) is 4.98 Å². The normalized spacial score (nSPS) is 10.8. The van der Waals surface area contributed by atoms with Crippen molar-refractivity contribution in [2.45, 2.75) is 33.1 Å². The van der Waals surface area contributed by atoms with E-state index in [2.05, 4.69) is 25.9 Å². The van der Waals surface area contributed by atoms with Crippen LogP contribution in [-0.2, 0) is 9.53 Å². The second-order valence-corrected chi connectivity index (χ2v) is 5.35. The molecule has 3 N–H and O–H groups in total. The van der Waals surface area contributed by atoms with Gasteiger partial charge in [-0.2, -0.15) is 0 Å². The molecule has 0 fully saturated rings. The fraction of sp³-hybridized carbons (Fsp3) is 0.588. The van der Waals surface area contributed by atoms with Crippen LogP contribution in [0.4, 0.5) is 5.82 Å². The summed E-state index contributed by atoms with van der Waals surface area (Å²) in [6, 6.07) is 3.71. The molecule has 142 valence electrons. The van der Waals surface area contributed by atoms with E-state index >= 15 is 0 Å². The van der Waals surface area contributed by atoms with Crippen molar-refractivity contribution in [1.82, 2.24) is 15.6 Å². The number of rotatable bonds is 10. The molecule has 0 aliphatic heterocycles. The van der Waals surface area contributed by atoms with Gasteiger partial charge in [0, 0.05) is 46.0 Å². The summed E-state index contributed by atoms with van der Waals surface area (Å²) in [5.74, 6) is 1.20. The predicted molar refractivity (Wildman–Crippen MR) is 113 cm³/mol. The highest BCUT2D eigenvalue weighted by atomic mass is 127. The number of aromatic nitrogens is 1. The van der Waals surface area contributed by atoms with Crippen LogP contribution in [0.3, 0.4) is 0 Å². The molecule has 0 saturated carbocycles. The van der Waals surface area contributed by atoms with Gasteiger partial charge in [0.1, 0.15) is 5.82 Å². The molecule has 0 unspecified atom stereocenters. The van der Waals surface area contributed by atoms with Crippen LogP contribution in [0.2, 0.25) is 0 Å². The van der Waals surface area contributed by atoms with Gasteiger partial charge >= 0.3 is 0 Å². The topological polar surface area (TPSA) is 87.6 Å². The molecule has 1 amide bonds. The number of unbranched alkanes of at least 4 members (excludes halogenated alkanes) is 1. The summed E-state index contributed by atoms with van der Waals surface area (Å²) in [5.41, 5.74) is 1.06. The Morgan fingerprint density at radius 1 is 1.24 bits per heavy atom. The average Bonchev–Trinajstić information content (AvgIpc) is 2.58. The van der Waals surface area contributed by atoms with Gasteiger partial charge in [0.15, 0.2) is 5.96 Å². The van der Waals surface area contributed by atoms with Crippen molar-refractivity contribution in [2.24, 2.45) is 4.99 Å². The molecule has 0 saturated heterocycles. The smallest absolute Gasteiger partial charge is 0.227 e. The molecular weight excluding hydrogens is 433 g/mol. The third-order valence-corrected chi connectivity index (χ3v) is 3.26. The SMILES string of the molecule is CCOCCCCNC(=NC)NCCC(=O)Nc1ccc(C)cn1.I. The number of anilines is 1. The number of carbonyl (C=O) groups is 1. The number of nitrogens with zero attached hydrogens (tertiary/aromatic N) is 2. The molecule has 7 nitrogen and oxygen atoms in total. The first-order valence-electron chi connectivity index (χ1n) is 8.40. The fourth-order valence-corrected chi connectivity index (χ4v) is 1.94. The summed E-state index contributed by atoms with van der Waals surface area (Å²) in [7, 11) is 1.71. The third kappa shape index (κ3) is 11.7. The lowest BCUT2D eigenvalue weighted by Gasteiger charge is -2.11. The van der Waals surface area contributed by atoms with Crippen molar-refractivity contribution < 1.29 is 9.53 Å². The molecule has 1 aromatic rings. The minimum absolute atomic E-state index is 0. The summed E-state index contributed by atoms with van der Waals surface area (Å²) in [4.78, 5) is 20.1. The van der Waals surface area contributed by atoms with Gasteiger partial charge in [-0.3, -0.25) is 9.79 Å². The first-order chi connectivity index (χ1) is 11.7. The van der Waals surface area contributed by atoms with Crippen LogP contribution in [0, 0.1) is 6.92 Å². The Labute approximate surface area is 167 Å². The van der Waals surface area contributed by atoms with E-state index in [0.29, 0.717) is 24.7 Å². The van der Waals surface area contributed by atoms with Gasteiger partial charge in [0.25, 0.3) is 0 Å². The molecule has 0 radical (unpaired) electrons. The molecule has 1 rings (SSSR count). The number of hydrogen-bond acceptors (Lipinski definition) is 4. The lowest BCUT2D eigenvalue weighted by molar-refractivity contribution is -0.116. The Bertz CT molecular complexity index is 508. The van der Waals surface area contributed by atoms with Gasteiger partial charge in [0.05, 0.1) is 0 Å². The van der Waals surface area contributed by atoms with Crippen molar-refractivity contribution in [2.75, 3.05) is 38.7 Å². The predicted octanol–water partition coefficient (Wildman–Crippen LogP) is 2.32. The third-order valence-electron chi connectivity index (χ3n) is 3.26. The van der Waals surface area contributed by atoms with E-state index in [9.17, 15) is 4.79 Å². The van der Waals surface area contributed by atoms with Gasteiger partial charge in [0.2, 0.25) is 5.91 Å². The fourth-order valence-electron chi connectivity index (χ4n) is 1.94. The minimum Gasteiger partial charge on any atom is -0.382 e. The maximum Gasteiger partial charge on any atom is 0.227 e. The summed E-state index contributed by atoms with van der Waals surface area (Å²) < 4.78 is 5.29. The highest BCUT2D eigenvalue weighted by Crippen LogP contribution is 2.03. The standard InChI is InChI=1S/C17H29N5O2.HI/c1-4-24-12-6-5-10-19-17(18-3)20-11-9-16(23)22-15-8-7-14(2)13-21-15;/h7-8,13H,4-6,9-12H2,1-3H3,(H2,18,19,20)(H,21,22,23);1H. The number of aryl methyl sites for hydroxylation is 1. The number of amides is 1. The quantitative estimate of drug-likeness (QED) is 0.215. The average molecular weight is 463 g/mol. The number of hydrogen-bond donors (Lipinski definition) is 3. The summed E-state index contributed by atoms with van der Waals surface area (Å²) in [6.07, 6.45) is 4.11. The maximum absolute atomic E-state index is 11.9. The van der Waals surface area contributed by atoms with Crippen LogP contribution in [0.5, 0.6) is 0 Å². The van der Waals surface area contributed by atoms with E-state index in [1.807, 2.05) is 19.9 Å². The molecule has 0 atom stereocenters. The van der Waals surface area contributed by atoms with Crippen LogP contribution in [0.25, 0.3) is 0 Å². The molecule has 0 aromatic carbocycles. The molecular formula is C17H30IN5O2. The largest absolute Gasteiger partial charge is 0.382 e. The molecule has 0 bridgehead atoms. The van der Waals surface area contributed by atoms with E-state index in [1.54, 1.807) is 19.3 Å². The number of nitrogens with one attached hydrogen (secondary N) is 3. The first kappa shape index (κ1) is 23.6. The maximum atomic E-state index is 11.9. The second kappa shape index (κ2) is 14.9. The van der Waals surface area contributed by atoms with Crippen LogP contribution < -0.4 is 16.0 Å². The number of pyridine rings is 1. The van der Waals surface area contributed by atoms with E-state index in [4.69, 9.17) is 4.74 Å². The second-order valence-electron chi connectivity index (χ2n) is 5.35. The van der Waals surface area contributed by atoms with Crippen molar-refractivity contribution in [1.29, 1.82) is 0 Å². The van der Waals surface area contributed by atoms with Crippen LogP contribution in [0.15, 0.2) is 23.3 Å². The zero-order chi connectivity index (χ0) is 17.6. The van der Waals surface area contributed by atoms with E-state index in [1.165, 1.54) is 0 Å². The molecule has 1 aromatic heterocycles. The number of aliphatic imine (C=N–C) groups is 1. The molecule has 0 aliphatic rings. The van der Waals surface area contributed by atoms with E-state index in [0.717, 1.165) is 38.2 Å². The van der Waals surface area contributed by atoms with Gasteiger partial charge in [-0.05, 0) is 38.3 Å². The Morgan fingerprint density at radius 2 is 2.00 bits per heavy atom.